The number of halogens is 6. The normalized spacial score (nSPS) is 17.7. The molecule has 3 aromatic rings. The van der Waals surface area contributed by atoms with E-state index in [4.69, 9.17) is 14.5 Å². The molecule has 1 amide bonds. The lowest BCUT2D eigenvalue weighted by Gasteiger charge is -2.37. The number of cyclic esters (lactones) is 1. The Kier molecular flexibility index (Phi) is 9.31. The molecule has 0 radical (unpaired) electrons. The third kappa shape index (κ3) is 7.27. The minimum absolute atomic E-state index is 0.0383. The molecule has 2 aromatic carbocycles. The number of aliphatic hydroxyl groups is 1. The van der Waals surface area contributed by atoms with Crippen LogP contribution < -0.4 is 4.74 Å². The quantitative estimate of drug-likeness (QED) is 0.251. The maximum atomic E-state index is 13.5. The summed E-state index contributed by atoms with van der Waals surface area (Å²) in [5.74, 6) is 0.512. The smallest absolute Gasteiger partial charge is 0.416 e. The van der Waals surface area contributed by atoms with Crippen molar-refractivity contribution in [3.8, 4) is 16.9 Å². The molecule has 1 aliphatic heterocycles. The van der Waals surface area contributed by atoms with E-state index in [2.05, 4.69) is 6.58 Å². The molecular formula is C33H34F6N2O4. The van der Waals surface area contributed by atoms with Gasteiger partial charge in [-0.3, -0.25) is 9.88 Å². The highest BCUT2D eigenvalue weighted by atomic mass is 19.4. The number of benzene rings is 2. The Labute approximate surface area is 257 Å². The summed E-state index contributed by atoms with van der Waals surface area (Å²) in [5.41, 5.74) is -0.210. The van der Waals surface area contributed by atoms with Crippen molar-refractivity contribution in [2.75, 3.05) is 13.7 Å². The minimum Gasteiger partial charge on any atom is -0.496 e. The number of aliphatic hydroxyl groups excluding tert-OH is 1. The molecule has 1 aliphatic rings. The summed E-state index contributed by atoms with van der Waals surface area (Å²) < 4.78 is 91.9. The first-order valence-electron chi connectivity index (χ1n) is 14.1. The van der Waals surface area contributed by atoms with Crippen molar-refractivity contribution in [1.29, 1.82) is 0 Å². The average molecular weight is 637 g/mol. The summed E-state index contributed by atoms with van der Waals surface area (Å²) in [7, 11) is 1.51. The largest absolute Gasteiger partial charge is 0.496 e. The summed E-state index contributed by atoms with van der Waals surface area (Å²) in [6.07, 6.45) is -12.4. The van der Waals surface area contributed by atoms with E-state index in [1.165, 1.54) is 12.0 Å². The van der Waals surface area contributed by atoms with Crippen LogP contribution in [0.2, 0.25) is 0 Å². The van der Waals surface area contributed by atoms with Crippen LogP contribution in [0.25, 0.3) is 16.7 Å². The number of hydrogen-bond acceptors (Lipinski definition) is 5. The Morgan fingerprint density at radius 2 is 1.62 bits per heavy atom. The van der Waals surface area contributed by atoms with Gasteiger partial charge in [-0.2, -0.15) is 26.3 Å². The Hall–Kier alpha value is -4.06. The van der Waals surface area contributed by atoms with Gasteiger partial charge in [-0.15, -0.1) is 0 Å². The van der Waals surface area contributed by atoms with Crippen LogP contribution in [-0.2, 0) is 29.0 Å². The number of pyridine rings is 1. The molecule has 0 bridgehead atoms. The number of rotatable bonds is 8. The first-order chi connectivity index (χ1) is 20.8. The number of alkyl halides is 6. The van der Waals surface area contributed by atoms with E-state index in [0.29, 0.717) is 46.0 Å². The molecule has 6 nitrogen and oxygen atoms in total. The number of carbonyl (C=O) groups excluding carboxylic acids is 1. The number of allylic oxidation sites excluding steroid dienone is 1. The fraction of sp³-hybridized carbons (Fsp3) is 0.394. The van der Waals surface area contributed by atoms with Crippen LogP contribution in [0, 0.1) is 0 Å². The van der Waals surface area contributed by atoms with E-state index < -0.39 is 52.7 Å². The number of amides is 1. The van der Waals surface area contributed by atoms with E-state index in [9.17, 15) is 36.2 Å². The third-order valence-electron chi connectivity index (χ3n) is 7.94. The zero-order valence-corrected chi connectivity index (χ0v) is 25.4. The number of methoxy groups -OCH3 is 1. The number of aromatic nitrogens is 1. The average Bonchev–Trinajstić information content (AvgIpc) is 2.97. The molecule has 2 atom stereocenters. The second-order valence-corrected chi connectivity index (χ2v) is 11.9. The fourth-order valence-corrected chi connectivity index (χ4v) is 5.14. The number of carbonyl (C=O) groups is 1. The third-order valence-corrected chi connectivity index (χ3v) is 7.94. The first kappa shape index (κ1) is 33.8. The molecular weight excluding hydrogens is 602 g/mol. The van der Waals surface area contributed by atoms with Gasteiger partial charge in [0.2, 0.25) is 0 Å². The Bertz CT molecular complexity index is 1570. The highest BCUT2D eigenvalue weighted by Crippen LogP contribution is 2.41. The van der Waals surface area contributed by atoms with Crippen molar-refractivity contribution >= 4 is 11.7 Å². The topological polar surface area (TPSA) is 71.9 Å². The van der Waals surface area contributed by atoms with E-state index in [-0.39, 0.29) is 25.6 Å². The van der Waals surface area contributed by atoms with Crippen molar-refractivity contribution in [3.05, 3.63) is 88.8 Å². The molecule has 0 saturated carbocycles. The molecule has 1 aromatic heterocycles. The van der Waals surface area contributed by atoms with Gasteiger partial charge in [-0.25, -0.2) is 4.79 Å². The maximum absolute atomic E-state index is 13.5. The number of ether oxygens (including phenoxy) is 2. The van der Waals surface area contributed by atoms with Crippen molar-refractivity contribution in [3.63, 3.8) is 0 Å². The highest BCUT2D eigenvalue weighted by Gasteiger charge is 2.40. The first-order valence-corrected chi connectivity index (χ1v) is 14.1. The van der Waals surface area contributed by atoms with Gasteiger partial charge >= 0.3 is 18.4 Å². The summed E-state index contributed by atoms with van der Waals surface area (Å²) in [6.45, 7) is 10.9. The van der Waals surface area contributed by atoms with Crippen LogP contribution in [0.4, 0.5) is 31.1 Å². The number of hydrogen-bond donors (Lipinski definition) is 1. The zero-order chi connectivity index (χ0) is 33.5. The standard InChI is InChI=1S/C33H34F6N2O4/c1-18(2)26-9-8-24(25-15-21(31(4,5)17-42)7-10-28(25)44-6)27(40-26)16-41-19(3)11-29(45-30(41)43)20-12-22(32(34,35)36)14-23(13-20)33(37,38)39/h7-10,12-15,19,29,42H,1,11,16-17H2,2-6H3. The molecule has 2 heterocycles. The summed E-state index contributed by atoms with van der Waals surface area (Å²) in [6, 6.07) is 9.62. The van der Waals surface area contributed by atoms with Gasteiger partial charge in [0.1, 0.15) is 11.9 Å². The van der Waals surface area contributed by atoms with Crippen LogP contribution in [0.5, 0.6) is 5.75 Å². The van der Waals surface area contributed by atoms with E-state index >= 15 is 0 Å². The lowest BCUT2D eigenvalue weighted by atomic mass is 9.83. The number of nitrogens with zero attached hydrogens (tertiary/aromatic N) is 2. The van der Waals surface area contributed by atoms with Gasteiger partial charge in [0.25, 0.3) is 0 Å². The Morgan fingerprint density at radius 1 is 1.00 bits per heavy atom. The van der Waals surface area contributed by atoms with Crippen LogP contribution in [-0.4, -0.2) is 40.8 Å². The molecule has 1 N–H and O–H groups in total. The van der Waals surface area contributed by atoms with Crippen molar-refractivity contribution in [1.82, 2.24) is 9.88 Å². The van der Waals surface area contributed by atoms with Gasteiger partial charge in [-0.05, 0) is 66.9 Å². The van der Waals surface area contributed by atoms with Gasteiger partial charge in [0.15, 0.2) is 0 Å². The minimum atomic E-state index is -5.03. The van der Waals surface area contributed by atoms with E-state index in [0.717, 1.165) is 5.56 Å². The summed E-state index contributed by atoms with van der Waals surface area (Å²) in [4.78, 5) is 19.4. The van der Waals surface area contributed by atoms with Crippen LogP contribution >= 0.6 is 0 Å². The molecule has 2 unspecified atom stereocenters. The molecule has 12 heteroatoms. The fourth-order valence-electron chi connectivity index (χ4n) is 5.14. The Balaban J connectivity index is 1.73. The molecule has 0 spiro atoms. The lowest BCUT2D eigenvalue weighted by molar-refractivity contribution is -0.143. The summed E-state index contributed by atoms with van der Waals surface area (Å²) in [5, 5.41) is 9.95. The van der Waals surface area contributed by atoms with Crippen LogP contribution in [0.1, 0.15) is 73.9 Å². The lowest BCUT2D eigenvalue weighted by Crippen LogP contribution is -2.44. The van der Waals surface area contributed by atoms with Gasteiger partial charge < -0.3 is 14.6 Å². The van der Waals surface area contributed by atoms with Gasteiger partial charge in [0, 0.05) is 29.0 Å². The monoisotopic (exact) mass is 636 g/mol. The maximum Gasteiger partial charge on any atom is 0.416 e. The molecule has 1 fully saturated rings. The van der Waals surface area contributed by atoms with Crippen LogP contribution in [0.15, 0.2) is 55.1 Å². The van der Waals surface area contributed by atoms with Crippen molar-refractivity contribution in [2.45, 2.75) is 70.6 Å². The van der Waals surface area contributed by atoms with Crippen molar-refractivity contribution in [2.24, 2.45) is 0 Å². The summed E-state index contributed by atoms with van der Waals surface area (Å²) >= 11 is 0. The van der Waals surface area contributed by atoms with Crippen molar-refractivity contribution < 1.29 is 45.7 Å². The second-order valence-electron chi connectivity index (χ2n) is 11.9. The van der Waals surface area contributed by atoms with Gasteiger partial charge in [0.05, 0.1) is 42.8 Å². The molecule has 45 heavy (non-hydrogen) atoms. The van der Waals surface area contributed by atoms with E-state index in [1.54, 1.807) is 26.0 Å². The van der Waals surface area contributed by atoms with Crippen LogP contribution in [0.3, 0.4) is 0 Å². The van der Waals surface area contributed by atoms with E-state index in [1.807, 2.05) is 32.0 Å². The zero-order valence-electron chi connectivity index (χ0n) is 25.4. The predicted octanol–water partition coefficient (Wildman–Crippen LogP) is 8.57. The molecule has 242 valence electrons. The van der Waals surface area contributed by atoms with Gasteiger partial charge in [-0.1, -0.05) is 32.6 Å². The molecule has 1 saturated heterocycles. The SMILES string of the molecule is C=C(C)c1ccc(-c2cc(C(C)(C)CO)ccc2OC)c(CN2C(=O)OC(c3cc(C(F)(F)F)cc(C(F)(F)F)c3)CC2C)n1. The second kappa shape index (κ2) is 12.4. The molecule has 4 rings (SSSR count). The molecule has 0 aliphatic carbocycles. The predicted molar refractivity (Wildman–Crippen MR) is 156 cm³/mol. The highest BCUT2D eigenvalue weighted by molar-refractivity contribution is 5.76. The Morgan fingerprint density at radius 3 is 2.13 bits per heavy atom.